The fourth-order valence-corrected chi connectivity index (χ4v) is 14.3. The van der Waals surface area contributed by atoms with Gasteiger partial charge in [-0.1, -0.05) is 82.0 Å². The van der Waals surface area contributed by atoms with Gasteiger partial charge in [0, 0.05) is 97.1 Å². The molecule has 25 nitrogen and oxygen atoms in total. The van der Waals surface area contributed by atoms with Gasteiger partial charge in [-0.25, -0.2) is 4.98 Å². The molecule has 590 valence electrons. The molecular weight excluding hydrogens is 1390 g/mol. The summed E-state index contributed by atoms with van der Waals surface area (Å²) in [5.41, 5.74) is 2.10. The molecular formula is C78H122Cl2N8O17. The molecule has 0 bridgehead atoms. The van der Waals surface area contributed by atoms with Crippen LogP contribution in [0.15, 0.2) is 95.1 Å². The Kier molecular flexibility index (Phi) is 35.2. The van der Waals surface area contributed by atoms with Crippen LogP contribution in [0.2, 0.25) is 10.0 Å². The molecule has 3 aromatic rings. The number of nitrogens with one attached hydrogen (secondary N) is 3. The van der Waals surface area contributed by atoms with Gasteiger partial charge in [-0.3, -0.25) is 9.79 Å². The lowest BCUT2D eigenvalue weighted by molar-refractivity contribution is -0.317. The molecule has 1 aliphatic carbocycles. The van der Waals surface area contributed by atoms with Gasteiger partial charge in [0.05, 0.1) is 113 Å². The first-order chi connectivity index (χ1) is 49.7. The average Bonchev–Trinajstić information content (AvgIpc) is 0.769. The van der Waals surface area contributed by atoms with Crippen molar-refractivity contribution in [3.8, 4) is 17.1 Å². The maximum Gasteiger partial charge on any atom is 0.311 e. The molecule has 4 heterocycles. The lowest BCUT2D eigenvalue weighted by atomic mass is 9.73. The number of para-hydroxylation sites is 2. The van der Waals surface area contributed by atoms with E-state index in [4.69, 9.17) is 86.1 Å². The van der Waals surface area contributed by atoms with Crippen LogP contribution >= 0.6 is 23.2 Å². The van der Waals surface area contributed by atoms with E-state index in [1.165, 1.54) is 14.0 Å². The molecule has 27 heteroatoms. The van der Waals surface area contributed by atoms with Crippen molar-refractivity contribution in [1.29, 1.82) is 0 Å². The number of likely N-dealkylation sites (N-methyl/N-ethyl adjacent to an activating group) is 1. The second kappa shape index (κ2) is 41.6. The Morgan fingerprint density at radius 1 is 0.790 bits per heavy atom. The number of oxime groups is 1. The number of fused-ring (bicyclic) bond motifs is 2. The molecule has 3 saturated heterocycles. The van der Waals surface area contributed by atoms with Crippen LogP contribution in [0.4, 0.5) is 11.4 Å². The van der Waals surface area contributed by atoms with Crippen LogP contribution in [-0.4, -0.2) is 239 Å². The number of rotatable bonds is 26. The molecule has 9 unspecified atom stereocenters. The summed E-state index contributed by atoms with van der Waals surface area (Å²) in [5.74, 6) is -4.14. The minimum absolute atomic E-state index is 0.0307. The number of ether oxygens (including phenoxy) is 8. The number of nitrogens with zero attached hydrogens (tertiary/aromatic N) is 5. The summed E-state index contributed by atoms with van der Waals surface area (Å²) in [6.07, 6.45) is -7.62. The SMILES string of the molecule is CC(C)N=c1cc2n(-c3ccc(Cl)cc3)c3ccccc3nc-2cc1Nc1ccc(Cl)cc1.CC[C@@H](CO)NCCN[C@@H](CC)CO.CC[C@H]1OC(=O)[C@H](C)[C@@H](OC2CC(C)(OC)C(O)C(C)O2)[C@H](C)[C@@H](OC2OC(C)CC(N(C)C)C2O)[C@](C)(O)C[C@@H](C)/C(=N\OCOCCOC)C(C)[C@@H](O)[C@]1(C)O. The Morgan fingerprint density at radius 3 is 1.98 bits per heavy atom. The third kappa shape index (κ3) is 24.2. The van der Waals surface area contributed by atoms with Gasteiger partial charge in [0.2, 0.25) is 6.79 Å². The number of aromatic nitrogens is 2. The number of esters is 1. The van der Waals surface area contributed by atoms with Crippen LogP contribution in [0.25, 0.3) is 28.1 Å². The predicted molar refractivity (Wildman–Crippen MR) is 409 cm³/mol. The van der Waals surface area contributed by atoms with Gasteiger partial charge in [0.15, 0.2) is 12.6 Å². The number of aliphatic hydroxyl groups is 7. The topological polar surface area (TPSA) is 324 Å². The highest BCUT2D eigenvalue weighted by Gasteiger charge is 2.54. The van der Waals surface area contributed by atoms with E-state index in [0.717, 1.165) is 70.8 Å². The molecule has 0 amide bonds. The second-order valence-electron chi connectivity index (χ2n) is 29.3. The summed E-state index contributed by atoms with van der Waals surface area (Å²) in [6.45, 7) is 27.6. The van der Waals surface area contributed by atoms with Crippen LogP contribution in [0.5, 0.6) is 0 Å². The Balaban J connectivity index is 0.000000304. The number of aliphatic hydroxyl groups excluding tert-OH is 5. The Morgan fingerprint density at radius 2 is 1.41 bits per heavy atom. The highest BCUT2D eigenvalue weighted by Crippen LogP contribution is 2.42. The van der Waals surface area contributed by atoms with Gasteiger partial charge in [0.25, 0.3) is 0 Å². The van der Waals surface area contributed by atoms with Crippen LogP contribution in [0.3, 0.4) is 0 Å². The second-order valence-corrected chi connectivity index (χ2v) is 30.2. The largest absolute Gasteiger partial charge is 0.459 e. The Labute approximate surface area is 631 Å². The summed E-state index contributed by atoms with van der Waals surface area (Å²) < 4.78 is 50.3. The van der Waals surface area contributed by atoms with Crippen LogP contribution in [-0.2, 0) is 47.5 Å². The quantitative estimate of drug-likeness (QED) is 0.00810. The number of carbonyl (C=O) groups excluding carboxylic acids is 1. The molecule has 8 rings (SSSR count). The van der Waals surface area contributed by atoms with E-state index in [0.29, 0.717) is 28.8 Å². The summed E-state index contributed by atoms with van der Waals surface area (Å²) in [5, 5.41) is 93.6. The third-order valence-electron chi connectivity index (χ3n) is 20.3. The number of hydrogen-bond acceptors (Lipinski definition) is 24. The smallest absolute Gasteiger partial charge is 0.311 e. The van der Waals surface area contributed by atoms with E-state index < -0.39 is 102 Å². The highest BCUT2D eigenvalue weighted by atomic mass is 35.5. The first-order valence-electron chi connectivity index (χ1n) is 37.0. The minimum atomic E-state index is -1.97. The van der Waals surface area contributed by atoms with E-state index in [2.05, 4.69) is 57.7 Å². The van der Waals surface area contributed by atoms with Gasteiger partial charge in [-0.15, -0.1) is 0 Å². The van der Waals surface area contributed by atoms with Crippen molar-refractivity contribution >= 4 is 57.3 Å². The van der Waals surface area contributed by atoms with Crippen molar-refractivity contribution in [3.63, 3.8) is 0 Å². The Hall–Kier alpha value is -5.08. The van der Waals surface area contributed by atoms with E-state index in [1.54, 1.807) is 55.6 Å². The van der Waals surface area contributed by atoms with Gasteiger partial charge in [-0.05, 0) is 174 Å². The maximum atomic E-state index is 14.3. The fourth-order valence-electron chi connectivity index (χ4n) is 14.0. The fraction of sp³-hybridized carbons (Fsp3) is 0.667. The van der Waals surface area contributed by atoms with Crippen molar-refractivity contribution in [2.45, 2.75) is 238 Å². The molecule has 0 radical (unpaired) electrons. The number of hydrogen-bond donors (Lipinski definition) is 10. The third-order valence-corrected chi connectivity index (χ3v) is 20.8. The first kappa shape index (κ1) is 88.8. The summed E-state index contributed by atoms with van der Waals surface area (Å²) >= 11 is 12.2. The molecule has 105 heavy (non-hydrogen) atoms. The maximum absolute atomic E-state index is 14.3. The number of benzene rings is 4. The molecule has 0 saturated carbocycles. The molecule has 0 aromatic heterocycles. The zero-order valence-corrected chi connectivity index (χ0v) is 66.4. The molecule has 10 N–H and O–H groups in total. The van der Waals surface area contributed by atoms with Crippen LogP contribution in [0, 0.1) is 23.7 Å². The normalized spacial score (nSPS) is 31.2. The van der Waals surface area contributed by atoms with Gasteiger partial charge < -0.3 is 104 Å². The number of halogens is 2. The van der Waals surface area contributed by atoms with Gasteiger partial charge >= 0.3 is 5.97 Å². The lowest BCUT2D eigenvalue weighted by Gasteiger charge is -2.49. The van der Waals surface area contributed by atoms with Crippen molar-refractivity contribution in [1.82, 2.24) is 25.1 Å². The average molecular weight is 1510 g/mol. The zero-order valence-electron chi connectivity index (χ0n) is 64.9. The monoisotopic (exact) mass is 1510 g/mol. The molecule has 20 atom stereocenters. The van der Waals surface area contributed by atoms with E-state index in [-0.39, 0.29) is 76.1 Å². The molecule has 5 aliphatic rings. The first-order valence-corrected chi connectivity index (χ1v) is 37.7. The van der Waals surface area contributed by atoms with Crippen molar-refractivity contribution in [2.75, 3.05) is 79.9 Å². The molecule has 0 spiro atoms. The standard InChI is InChI=1S/C41H76N2O15.C27H22Cl2N4.C10H24N2O2/c1-15-29-41(10,49)34(45)24(4)31(42-53-21-52-17-16-50-13)22(2)19-39(8,48)36(58-38-32(44)28(43(11)12)18-23(3)54-38)25(5)33(26(6)37(47)56-29)57-30-20-40(9,51-14)35(46)27(7)55-30;1-17(2)30-24-16-27-25(15-23(24)31-20-11-7-18(28)8-12-20)32-22-5-3-4-6-26(22)33(27)21-13-9-19(29)10-14-21;1-3-9(7-13)11-5-6-12-10(4-2)8-14/h22-30,32-36,38,44-46,48-49H,15-21H2,1-14H3;3-17,31H,1-2H3;9-14H,3-8H2,1-2H3/b42-31+;;/t22-,23?,24?,25+,26-,27?,28?,29-,30?,32?,33+,34-,35?,36-,38?,39-,40?,41-;;9-,10-/m1.0/s1. The number of methoxy groups -OCH3 is 2. The van der Waals surface area contributed by atoms with E-state index >= 15 is 0 Å². The number of carbonyl (C=O) groups is 1. The van der Waals surface area contributed by atoms with E-state index in [9.17, 15) is 30.3 Å². The van der Waals surface area contributed by atoms with Crippen molar-refractivity contribution < 1.29 is 83.3 Å². The lowest BCUT2D eigenvalue weighted by Crippen LogP contribution is -2.61. The van der Waals surface area contributed by atoms with Crippen molar-refractivity contribution in [3.05, 3.63) is 100 Å². The minimum Gasteiger partial charge on any atom is -0.459 e. The number of cyclic esters (lactones) is 1. The molecule has 3 aromatic carbocycles. The molecule has 4 aliphatic heterocycles. The predicted octanol–water partition coefficient (Wildman–Crippen LogP) is 9.41. The van der Waals surface area contributed by atoms with Crippen LogP contribution in [0.1, 0.15) is 135 Å². The molecule has 3 fully saturated rings. The summed E-state index contributed by atoms with van der Waals surface area (Å²) in [7, 11) is 6.76. The summed E-state index contributed by atoms with van der Waals surface area (Å²) in [6, 6.07) is 28.0. The highest BCUT2D eigenvalue weighted by molar-refractivity contribution is 6.30. The Bertz CT molecular complexity index is 3460. The zero-order chi connectivity index (χ0) is 77.7. The van der Waals surface area contributed by atoms with Crippen molar-refractivity contribution in [2.24, 2.45) is 33.8 Å². The number of anilines is 2. The van der Waals surface area contributed by atoms with Gasteiger partial charge in [0.1, 0.15) is 23.9 Å². The van der Waals surface area contributed by atoms with Crippen LogP contribution < -0.4 is 21.3 Å². The van der Waals surface area contributed by atoms with Gasteiger partial charge in [-0.2, -0.15) is 0 Å². The summed E-state index contributed by atoms with van der Waals surface area (Å²) in [4.78, 5) is 31.7. The van der Waals surface area contributed by atoms with E-state index in [1.807, 2.05) is 113 Å².